The van der Waals surface area contributed by atoms with Gasteiger partial charge in [0.15, 0.2) is 0 Å². The molecule has 0 spiro atoms. The summed E-state index contributed by atoms with van der Waals surface area (Å²) in [6.07, 6.45) is 0.0936. The molecular formula is C19H20Cl2N2O4S. The Morgan fingerprint density at radius 3 is 2.50 bits per heavy atom. The number of amides is 1. The lowest BCUT2D eigenvalue weighted by molar-refractivity contribution is -0.115. The Morgan fingerprint density at radius 1 is 1.11 bits per heavy atom. The van der Waals surface area contributed by atoms with Gasteiger partial charge in [0.05, 0.1) is 34.6 Å². The number of morpholine rings is 1. The maximum atomic E-state index is 12.9. The Kier molecular flexibility index (Phi) is 6.62. The molecule has 1 fully saturated rings. The van der Waals surface area contributed by atoms with Crippen molar-refractivity contribution in [3.63, 3.8) is 0 Å². The number of carbonyl (C=O) groups excluding carboxylic acids is 1. The molecule has 2 aromatic carbocycles. The van der Waals surface area contributed by atoms with Gasteiger partial charge < -0.3 is 10.1 Å². The Bertz CT molecular complexity index is 989. The monoisotopic (exact) mass is 442 g/mol. The molecule has 0 radical (unpaired) electrons. The first-order valence-electron chi connectivity index (χ1n) is 8.70. The Balaban J connectivity index is 1.77. The van der Waals surface area contributed by atoms with E-state index in [0.29, 0.717) is 53.2 Å². The topological polar surface area (TPSA) is 75.7 Å². The number of nitrogens with one attached hydrogen (secondary N) is 1. The maximum absolute atomic E-state index is 12.9. The molecule has 9 heteroatoms. The first-order valence-corrected chi connectivity index (χ1v) is 10.9. The van der Waals surface area contributed by atoms with Crippen LogP contribution in [-0.4, -0.2) is 44.9 Å². The summed E-state index contributed by atoms with van der Waals surface area (Å²) in [5.74, 6) is -0.281. The summed E-state index contributed by atoms with van der Waals surface area (Å²) in [4.78, 5) is 12.5. The minimum atomic E-state index is -3.65. The van der Waals surface area contributed by atoms with E-state index in [2.05, 4.69) is 5.32 Å². The number of sulfonamides is 1. The molecule has 0 aromatic heterocycles. The van der Waals surface area contributed by atoms with E-state index in [1.54, 1.807) is 37.3 Å². The summed E-state index contributed by atoms with van der Waals surface area (Å²) >= 11 is 11.9. The first-order chi connectivity index (χ1) is 13.3. The largest absolute Gasteiger partial charge is 0.379 e. The van der Waals surface area contributed by atoms with Crippen LogP contribution in [-0.2, 0) is 26.0 Å². The fourth-order valence-electron chi connectivity index (χ4n) is 2.92. The van der Waals surface area contributed by atoms with Crippen molar-refractivity contribution in [3.8, 4) is 0 Å². The van der Waals surface area contributed by atoms with Crippen molar-refractivity contribution in [1.82, 2.24) is 4.31 Å². The van der Waals surface area contributed by atoms with Crippen LogP contribution in [0.5, 0.6) is 0 Å². The molecule has 1 amide bonds. The lowest BCUT2D eigenvalue weighted by Gasteiger charge is -2.26. The predicted molar refractivity (Wildman–Crippen MR) is 110 cm³/mol. The number of anilines is 1. The van der Waals surface area contributed by atoms with Crippen molar-refractivity contribution < 1.29 is 17.9 Å². The van der Waals surface area contributed by atoms with E-state index in [1.165, 1.54) is 10.4 Å². The van der Waals surface area contributed by atoms with Crippen LogP contribution in [0.25, 0.3) is 0 Å². The van der Waals surface area contributed by atoms with Crippen molar-refractivity contribution in [2.45, 2.75) is 18.2 Å². The number of carbonyl (C=O) groups is 1. The van der Waals surface area contributed by atoms with Gasteiger partial charge in [-0.05, 0) is 42.3 Å². The molecule has 1 aliphatic rings. The van der Waals surface area contributed by atoms with E-state index in [-0.39, 0.29) is 17.2 Å². The van der Waals surface area contributed by atoms with Crippen molar-refractivity contribution in [3.05, 3.63) is 57.6 Å². The Hall–Kier alpha value is -1.64. The number of rotatable bonds is 5. The number of benzene rings is 2. The van der Waals surface area contributed by atoms with Crippen LogP contribution in [0.2, 0.25) is 10.0 Å². The molecule has 0 unspecified atom stereocenters. The van der Waals surface area contributed by atoms with Crippen LogP contribution in [0, 0.1) is 6.92 Å². The molecule has 28 heavy (non-hydrogen) atoms. The number of aryl methyl sites for hydroxylation is 1. The number of hydrogen-bond acceptors (Lipinski definition) is 4. The maximum Gasteiger partial charge on any atom is 0.243 e. The highest BCUT2D eigenvalue weighted by molar-refractivity contribution is 7.89. The quantitative estimate of drug-likeness (QED) is 0.768. The smallest absolute Gasteiger partial charge is 0.243 e. The molecule has 0 saturated carbocycles. The molecule has 0 aliphatic carbocycles. The molecular weight excluding hydrogens is 423 g/mol. The predicted octanol–water partition coefficient (Wildman–Crippen LogP) is 3.50. The SMILES string of the molecule is Cc1ccc(NC(=O)Cc2ccc(Cl)c(Cl)c2)cc1S(=O)(=O)N1CCOCC1. The van der Waals surface area contributed by atoms with Gasteiger partial charge in [-0.1, -0.05) is 35.3 Å². The zero-order valence-electron chi connectivity index (χ0n) is 15.2. The third-order valence-corrected chi connectivity index (χ3v) is 7.19. The summed E-state index contributed by atoms with van der Waals surface area (Å²) in [5, 5.41) is 3.54. The summed E-state index contributed by atoms with van der Waals surface area (Å²) in [6.45, 7) is 3.11. The number of hydrogen-bond donors (Lipinski definition) is 1. The first kappa shape index (κ1) is 21.1. The zero-order valence-corrected chi connectivity index (χ0v) is 17.6. The second-order valence-corrected chi connectivity index (χ2v) is 9.19. The molecule has 2 aromatic rings. The molecule has 1 saturated heterocycles. The van der Waals surface area contributed by atoms with E-state index in [1.807, 2.05) is 0 Å². The highest BCUT2D eigenvalue weighted by Gasteiger charge is 2.28. The molecule has 150 valence electrons. The lowest BCUT2D eigenvalue weighted by Crippen LogP contribution is -2.40. The van der Waals surface area contributed by atoms with Crippen LogP contribution in [0.15, 0.2) is 41.3 Å². The van der Waals surface area contributed by atoms with Gasteiger partial charge in [-0.15, -0.1) is 0 Å². The summed E-state index contributed by atoms with van der Waals surface area (Å²) in [7, 11) is -3.65. The molecule has 6 nitrogen and oxygen atoms in total. The Morgan fingerprint density at radius 2 is 1.82 bits per heavy atom. The van der Waals surface area contributed by atoms with Gasteiger partial charge in [-0.2, -0.15) is 4.31 Å². The molecule has 0 bridgehead atoms. The minimum Gasteiger partial charge on any atom is -0.379 e. The average Bonchev–Trinajstić information content (AvgIpc) is 2.67. The van der Waals surface area contributed by atoms with E-state index in [9.17, 15) is 13.2 Å². The van der Waals surface area contributed by atoms with E-state index in [0.717, 1.165) is 0 Å². The molecule has 3 rings (SSSR count). The van der Waals surface area contributed by atoms with Crippen molar-refractivity contribution >= 4 is 44.8 Å². The number of ether oxygens (including phenoxy) is 1. The van der Waals surface area contributed by atoms with Gasteiger partial charge in [0, 0.05) is 18.8 Å². The van der Waals surface area contributed by atoms with Crippen molar-refractivity contribution in [2.24, 2.45) is 0 Å². The summed E-state index contributed by atoms with van der Waals surface area (Å²) < 4.78 is 32.5. The van der Waals surface area contributed by atoms with Crippen LogP contribution < -0.4 is 5.32 Å². The highest BCUT2D eigenvalue weighted by Crippen LogP contribution is 2.25. The number of halogens is 2. The van der Waals surface area contributed by atoms with Crippen molar-refractivity contribution in [2.75, 3.05) is 31.6 Å². The van der Waals surface area contributed by atoms with E-state index in [4.69, 9.17) is 27.9 Å². The van der Waals surface area contributed by atoms with Gasteiger partial charge in [-0.25, -0.2) is 8.42 Å². The van der Waals surface area contributed by atoms with Crippen molar-refractivity contribution in [1.29, 1.82) is 0 Å². The zero-order chi connectivity index (χ0) is 20.3. The fraction of sp³-hybridized carbons (Fsp3) is 0.316. The second-order valence-electron chi connectivity index (χ2n) is 6.47. The second kappa shape index (κ2) is 8.80. The third kappa shape index (κ3) is 4.85. The fourth-order valence-corrected chi connectivity index (χ4v) is 4.90. The van der Waals surface area contributed by atoms with Crippen LogP contribution >= 0.6 is 23.2 Å². The molecule has 1 aliphatic heterocycles. The van der Waals surface area contributed by atoms with Gasteiger partial charge >= 0.3 is 0 Å². The average molecular weight is 443 g/mol. The third-order valence-electron chi connectivity index (χ3n) is 4.41. The molecule has 1 N–H and O–H groups in total. The normalized spacial score (nSPS) is 15.4. The van der Waals surface area contributed by atoms with Gasteiger partial charge in [-0.3, -0.25) is 4.79 Å². The van der Waals surface area contributed by atoms with Gasteiger partial charge in [0.1, 0.15) is 0 Å². The van der Waals surface area contributed by atoms with Gasteiger partial charge in [0.25, 0.3) is 0 Å². The number of nitrogens with zero attached hydrogens (tertiary/aromatic N) is 1. The Labute approximate surface area is 174 Å². The minimum absolute atomic E-state index is 0.0936. The molecule has 0 atom stereocenters. The van der Waals surface area contributed by atoms with E-state index < -0.39 is 10.0 Å². The van der Waals surface area contributed by atoms with Crippen LogP contribution in [0.1, 0.15) is 11.1 Å². The molecule has 1 heterocycles. The van der Waals surface area contributed by atoms with Crippen LogP contribution in [0.3, 0.4) is 0 Å². The van der Waals surface area contributed by atoms with E-state index >= 15 is 0 Å². The summed E-state index contributed by atoms with van der Waals surface area (Å²) in [6, 6.07) is 9.84. The van der Waals surface area contributed by atoms with Crippen LogP contribution in [0.4, 0.5) is 5.69 Å². The lowest BCUT2D eigenvalue weighted by atomic mass is 10.1. The highest BCUT2D eigenvalue weighted by atomic mass is 35.5. The van der Waals surface area contributed by atoms with Gasteiger partial charge in [0.2, 0.25) is 15.9 Å². The summed E-state index contributed by atoms with van der Waals surface area (Å²) in [5.41, 5.74) is 1.75. The standard InChI is InChI=1S/C19H20Cl2N2O4S/c1-13-2-4-15(12-18(13)28(25,26)23-6-8-27-9-7-23)22-19(24)11-14-3-5-16(20)17(21)10-14/h2-5,10,12H,6-9,11H2,1H3,(H,22,24).